The summed E-state index contributed by atoms with van der Waals surface area (Å²) in [6, 6.07) is 3.34. The molecule has 1 aromatic rings. The quantitative estimate of drug-likeness (QED) is 0.262. The summed E-state index contributed by atoms with van der Waals surface area (Å²) >= 11 is 0. The third kappa shape index (κ3) is 3.63. The van der Waals surface area contributed by atoms with E-state index in [1.807, 2.05) is 5.48 Å². The number of nitrogens with one attached hydrogen (secondary N) is 2. The van der Waals surface area contributed by atoms with Gasteiger partial charge in [0.1, 0.15) is 12.4 Å². The highest BCUT2D eigenvalue weighted by Crippen LogP contribution is 2.26. The topological polar surface area (TPSA) is 136 Å². The molecule has 3 amide bonds. The maximum atomic E-state index is 12.0. The first-order valence-electron chi connectivity index (χ1n) is 8.02. The molecule has 1 saturated carbocycles. The molecule has 10 heteroatoms. The van der Waals surface area contributed by atoms with Crippen LogP contribution in [0, 0.1) is 0 Å². The van der Waals surface area contributed by atoms with Gasteiger partial charge in [0.2, 0.25) is 5.96 Å². The Kier molecular flexibility index (Phi) is 4.70. The van der Waals surface area contributed by atoms with Crippen molar-refractivity contribution in [1.29, 1.82) is 0 Å². The average molecular weight is 347 g/mol. The van der Waals surface area contributed by atoms with Crippen LogP contribution >= 0.6 is 0 Å². The van der Waals surface area contributed by atoms with Gasteiger partial charge in [0, 0.05) is 13.1 Å². The van der Waals surface area contributed by atoms with Crippen LogP contribution in [0.2, 0.25) is 0 Å². The summed E-state index contributed by atoms with van der Waals surface area (Å²) < 4.78 is 0. The number of hydroxylamine groups is 1. The molecule has 2 heterocycles. The molecule has 1 aliphatic carbocycles. The summed E-state index contributed by atoms with van der Waals surface area (Å²) in [5.74, 6) is 0.415. The molecule has 25 heavy (non-hydrogen) atoms. The number of imide groups is 1. The van der Waals surface area contributed by atoms with Crippen LogP contribution in [0.25, 0.3) is 0 Å². The van der Waals surface area contributed by atoms with Gasteiger partial charge in [-0.1, -0.05) is 0 Å². The number of hydrogen-bond acceptors (Lipinski definition) is 6. The van der Waals surface area contributed by atoms with Gasteiger partial charge in [0.25, 0.3) is 5.91 Å². The fourth-order valence-electron chi connectivity index (χ4n) is 3.12. The third-order valence-electron chi connectivity index (χ3n) is 4.34. The van der Waals surface area contributed by atoms with E-state index < -0.39 is 0 Å². The lowest BCUT2D eigenvalue weighted by Gasteiger charge is -2.16. The average Bonchev–Trinajstić information content (AvgIpc) is 3.12. The summed E-state index contributed by atoms with van der Waals surface area (Å²) in [5.41, 5.74) is 7.74. The Bertz CT molecular complexity index is 691. The monoisotopic (exact) mass is 347 g/mol. The highest BCUT2D eigenvalue weighted by Gasteiger charge is 2.35. The van der Waals surface area contributed by atoms with Gasteiger partial charge >= 0.3 is 6.03 Å². The first-order chi connectivity index (χ1) is 12.0. The molecular formula is C15H21N7O3. The molecule has 2 atom stereocenters. The molecule has 2 aliphatic rings. The molecule has 0 bridgehead atoms. The Morgan fingerprint density at radius 2 is 2.20 bits per heavy atom. The fourth-order valence-corrected chi connectivity index (χ4v) is 3.12. The normalized spacial score (nSPS) is 24.2. The van der Waals surface area contributed by atoms with E-state index in [9.17, 15) is 9.59 Å². The Labute approximate surface area is 144 Å². The second kappa shape index (κ2) is 6.93. The summed E-state index contributed by atoms with van der Waals surface area (Å²) in [6.07, 6.45) is 4.06. The first-order valence-corrected chi connectivity index (χ1v) is 8.02. The molecule has 3 rings (SSSR count). The molecular weight excluding hydrogens is 326 g/mol. The van der Waals surface area contributed by atoms with E-state index in [1.165, 1.54) is 11.1 Å². The van der Waals surface area contributed by atoms with Crippen molar-refractivity contribution in [3.8, 4) is 0 Å². The third-order valence-corrected chi connectivity index (χ3v) is 4.34. The van der Waals surface area contributed by atoms with Gasteiger partial charge < -0.3 is 16.0 Å². The lowest BCUT2D eigenvalue weighted by atomic mass is 10.2. The van der Waals surface area contributed by atoms with Gasteiger partial charge in [0.15, 0.2) is 0 Å². The number of aromatic nitrogens is 1. The number of carbonyl (C=O) groups excluding carboxylic acids is 2. The fraction of sp³-hybridized carbons (Fsp3) is 0.467. The van der Waals surface area contributed by atoms with E-state index in [1.54, 1.807) is 19.2 Å². The molecule has 10 nitrogen and oxygen atoms in total. The minimum atomic E-state index is -0.348. The second-order valence-electron chi connectivity index (χ2n) is 6.20. The minimum Gasteiger partial charge on any atom is -0.368 e. The van der Waals surface area contributed by atoms with Crippen molar-refractivity contribution in [2.45, 2.75) is 31.3 Å². The highest BCUT2D eigenvalue weighted by molar-refractivity contribution is 6.19. The van der Waals surface area contributed by atoms with Crippen molar-refractivity contribution in [3.05, 3.63) is 18.3 Å². The summed E-state index contributed by atoms with van der Waals surface area (Å²) in [7, 11) is 1.58. The minimum absolute atomic E-state index is 0.0121. The number of nitrogens with zero attached hydrogens (tertiary/aromatic N) is 4. The zero-order valence-electron chi connectivity index (χ0n) is 13.8. The van der Waals surface area contributed by atoms with Crippen molar-refractivity contribution in [2.75, 3.05) is 23.8 Å². The lowest BCUT2D eigenvalue weighted by Crippen LogP contribution is -2.31. The SMILES string of the molecule is CN1CC(=O)N(c2ccc(N[C@H]3CC[C@H](N=C(N)NO)C3)nc2)C1=O. The molecule has 1 aromatic heterocycles. The van der Waals surface area contributed by atoms with Crippen molar-refractivity contribution in [2.24, 2.45) is 10.7 Å². The van der Waals surface area contributed by atoms with Crippen LogP contribution in [-0.2, 0) is 4.79 Å². The van der Waals surface area contributed by atoms with E-state index in [4.69, 9.17) is 10.9 Å². The number of anilines is 2. The van der Waals surface area contributed by atoms with Crippen molar-refractivity contribution in [3.63, 3.8) is 0 Å². The zero-order valence-corrected chi connectivity index (χ0v) is 13.8. The molecule has 0 radical (unpaired) electrons. The van der Waals surface area contributed by atoms with Crippen LogP contribution in [0.5, 0.6) is 0 Å². The number of guanidine groups is 1. The molecule has 0 unspecified atom stereocenters. The van der Waals surface area contributed by atoms with Crippen LogP contribution in [0.4, 0.5) is 16.3 Å². The van der Waals surface area contributed by atoms with Gasteiger partial charge in [-0.15, -0.1) is 0 Å². The number of carbonyl (C=O) groups is 2. The number of nitrogens with two attached hydrogens (primary N) is 1. The van der Waals surface area contributed by atoms with Crippen molar-refractivity contribution in [1.82, 2.24) is 15.4 Å². The maximum Gasteiger partial charge on any atom is 0.331 e. The van der Waals surface area contributed by atoms with Gasteiger partial charge in [-0.2, -0.15) is 0 Å². The molecule has 1 saturated heterocycles. The Morgan fingerprint density at radius 3 is 2.80 bits per heavy atom. The zero-order chi connectivity index (χ0) is 18.0. The Hall–Kier alpha value is -2.88. The Balaban J connectivity index is 1.60. The summed E-state index contributed by atoms with van der Waals surface area (Å²) in [4.78, 5) is 34.8. The number of rotatable bonds is 4. The highest BCUT2D eigenvalue weighted by atomic mass is 16.5. The number of amides is 3. The first kappa shape index (κ1) is 17.0. The van der Waals surface area contributed by atoms with Crippen LogP contribution < -0.4 is 21.4 Å². The number of aliphatic imine (C=N–C) groups is 1. The molecule has 1 aliphatic heterocycles. The number of urea groups is 1. The molecule has 2 fully saturated rings. The molecule has 5 N–H and O–H groups in total. The van der Waals surface area contributed by atoms with Crippen molar-refractivity contribution < 1.29 is 14.8 Å². The number of pyridine rings is 1. The largest absolute Gasteiger partial charge is 0.368 e. The predicted octanol–water partition coefficient (Wildman–Crippen LogP) is 0.107. The van der Waals surface area contributed by atoms with Crippen LogP contribution in [-0.4, -0.2) is 58.7 Å². The molecule has 0 spiro atoms. The number of hydrogen-bond donors (Lipinski definition) is 4. The maximum absolute atomic E-state index is 12.0. The van der Waals surface area contributed by atoms with E-state index in [0.717, 1.165) is 24.2 Å². The summed E-state index contributed by atoms with van der Waals surface area (Å²) in [5, 5.41) is 12.0. The summed E-state index contributed by atoms with van der Waals surface area (Å²) in [6.45, 7) is 0.0780. The number of likely N-dealkylation sites (N-methyl/N-ethyl adjacent to an activating group) is 1. The van der Waals surface area contributed by atoms with E-state index >= 15 is 0 Å². The molecule has 134 valence electrons. The predicted molar refractivity (Wildman–Crippen MR) is 91.3 cm³/mol. The van der Waals surface area contributed by atoms with Crippen molar-refractivity contribution >= 4 is 29.4 Å². The van der Waals surface area contributed by atoms with E-state index in [0.29, 0.717) is 11.5 Å². The van der Waals surface area contributed by atoms with Crippen LogP contribution in [0.3, 0.4) is 0 Å². The van der Waals surface area contributed by atoms with E-state index in [2.05, 4.69) is 15.3 Å². The Morgan fingerprint density at radius 1 is 1.40 bits per heavy atom. The standard InChI is InChI=1S/C15H21N7O3/c1-21-8-13(23)22(15(21)24)11-4-5-12(17-7-11)18-9-2-3-10(6-9)19-14(16)20-25/h4-5,7,9-10,25H,2-3,6,8H2,1H3,(H,17,18)(H3,16,19,20)/t9-,10-/m0/s1. The van der Waals surface area contributed by atoms with Crippen LogP contribution in [0.1, 0.15) is 19.3 Å². The smallest absolute Gasteiger partial charge is 0.331 e. The van der Waals surface area contributed by atoms with E-state index in [-0.39, 0.29) is 36.5 Å². The second-order valence-corrected chi connectivity index (χ2v) is 6.20. The van der Waals surface area contributed by atoms with Gasteiger partial charge in [-0.3, -0.25) is 10.0 Å². The van der Waals surface area contributed by atoms with Gasteiger partial charge in [-0.05, 0) is 31.4 Å². The van der Waals surface area contributed by atoms with Gasteiger partial charge in [0.05, 0.1) is 17.9 Å². The van der Waals surface area contributed by atoms with Crippen LogP contribution in [0.15, 0.2) is 23.3 Å². The van der Waals surface area contributed by atoms with Gasteiger partial charge in [-0.25, -0.2) is 25.2 Å². The molecule has 0 aromatic carbocycles. The lowest BCUT2D eigenvalue weighted by molar-refractivity contribution is -0.116.